The zero-order valence-electron chi connectivity index (χ0n) is 14.5. The van der Waals surface area contributed by atoms with Gasteiger partial charge in [-0.25, -0.2) is 0 Å². The van der Waals surface area contributed by atoms with Crippen molar-refractivity contribution in [2.45, 2.75) is 12.7 Å². The quantitative estimate of drug-likeness (QED) is 0.501. The minimum absolute atomic E-state index is 0.300. The lowest BCUT2D eigenvalue weighted by atomic mass is 10.1. The predicted octanol–water partition coefficient (Wildman–Crippen LogP) is 5.55. The number of nitrogens with one attached hydrogen (secondary N) is 1. The van der Waals surface area contributed by atoms with Crippen LogP contribution < -0.4 is 5.32 Å². The highest BCUT2D eigenvalue weighted by Gasteiger charge is 2.29. The van der Waals surface area contributed by atoms with Gasteiger partial charge in [0.15, 0.2) is 0 Å². The van der Waals surface area contributed by atoms with Crippen molar-refractivity contribution in [2.24, 2.45) is 0 Å². The van der Waals surface area contributed by atoms with Crippen LogP contribution >= 0.6 is 0 Å². The van der Waals surface area contributed by atoms with Crippen molar-refractivity contribution in [1.29, 1.82) is 0 Å². The monoisotopic (exact) mass is 384 g/mol. The van der Waals surface area contributed by atoms with E-state index in [4.69, 9.17) is 4.42 Å². The molecule has 4 rings (SSSR count). The van der Waals surface area contributed by atoms with Crippen molar-refractivity contribution >= 4 is 22.5 Å². The number of hydrogen-bond donors (Lipinski definition) is 1. The Morgan fingerprint density at radius 1 is 1.04 bits per heavy atom. The van der Waals surface area contributed by atoms with E-state index in [2.05, 4.69) is 5.32 Å². The van der Waals surface area contributed by atoms with Gasteiger partial charge in [-0.15, -0.1) is 0 Å². The zero-order chi connectivity index (χ0) is 19.7. The predicted molar refractivity (Wildman–Crippen MR) is 99.1 cm³/mol. The molecule has 0 unspecified atom stereocenters. The van der Waals surface area contributed by atoms with Crippen LogP contribution in [0.3, 0.4) is 0 Å². The summed E-state index contributed by atoms with van der Waals surface area (Å²) >= 11 is 0. The zero-order valence-corrected chi connectivity index (χ0v) is 14.5. The van der Waals surface area contributed by atoms with Gasteiger partial charge in [-0.2, -0.15) is 13.2 Å². The van der Waals surface area contributed by atoms with Gasteiger partial charge >= 0.3 is 6.18 Å². The molecule has 0 spiro atoms. The smallest absolute Gasteiger partial charge is 0.416 e. The number of carbonyl (C=O) groups excluding carboxylic acids is 1. The van der Waals surface area contributed by atoms with E-state index in [0.29, 0.717) is 17.8 Å². The Bertz CT molecular complexity index is 1110. The lowest BCUT2D eigenvalue weighted by Crippen LogP contribution is -2.10. The molecule has 0 saturated heterocycles. The molecule has 4 nitrogen and oxygen atoms in total. The normalized spacial score (nSPS) is 11.7. The van der Waals surface area contributed by atoms with E-state index in [1.165, 1.54) is 24.7 Å². The summed E-state index contributed by atoms with van der Waals surface area (Å²) in [6, 6.07) is 14.1. The molecule has 0 fully saturated rings. The third-order valence-electron chi connectivity index (χ3n) is 4.45. The molecule has 0 atom stereocenters. The fourth-order valence-electron chi connectivity index (χ4n) is 3.06. The van der Waals surface area contributed by atoms with E-state index in [-0.39, 0.29) is 5.91 Å². The number of fused-ring (bicyclic) bond motifs is 1. The summed E-state index contributed by atoms with van der Waals surface area (Å²) in [5.41, 5.74) is 1.93. The summed E-state index contributed by atoms with van der Waals surface area (Å²) < 4.78 is 45.1. The van der Waals surface area contributed by atoms with E-state index in [1.54, 1.807) is 12.3 Å². The summed E-state index contributed by atoms with van der Waals surface area (Å²) in [6.45, 7) is 0.375. The number of para-hydroxylation sites is 1. The number of rotatable bonds is 4. The van der Waals surface area contributed by atoms with Crippen LogP contribution in [0.5, 0.6) is 0 Å². The summed E-state index contributed by atoms with van der Waals surface area (Å²) in [5.74, 6) is -0.300. The topological polar surface area (TPSA) is 47.2 Å². The first-order valence-electron chi connectivity index (χ1n) is 8.49. The number of nitrogens with zero attached hydrogens (tertiary/aromatic N) is 1. The molecule has 142 valence electrons. The number of alkyl halides is 3. The second kappa shape index (κ2) is 6.92. The van der Waals surface area contributed by atoms with E-state index in [9.17, 15) is 18.0 Å². The molecule has 2 heterocycles. The number of hydrogen-bond acceptors (Lipinski definition) is 2. The van der Waals surface area contributed by atoms with Gasteiger partial charge in [-0.3, -0.25) is 4.79 Å². The molecule has 0 radical (unpaired) electrons. The van der Waals surface area contributed by atoms with Crippen molar-refractivity contribution < 1.29 is 22.4 Å². The van der Waals surface area contributed by atoms with E-state index in [1.807, 2.05) is 28.8 Å². The van der Waals surface area contributed by atoms with Gasteiger partial charge < -0.3 is 14.3 Å². The van der Waals surface area contributed by atoms with Crippen LogP contribution in [-0.4, -0.2) is 10.5 Å². The maximum Gasteiger partial charge on any atom is 0.416 e. The molecule has 0 aliphatic carbocycles. The molecule has 7 heteroatoms. The summed E-state index contributed by atoms with van der Waals surface area (Å²) in [4.78, 5) is 12.3. The number of amides is 1. The first-order valence-corrected chi connectivity index (χ1v) is 8.49. The average molecular weight is 384 g/mol. The molecular weight excluding hydrogens is 369 g/mol. The second-order valence-electron chi connectivity index (χ2n) is 6.35. The van der Waals surface area contributed by atoms with Crippen molar-refractivity contribution in [2.75, 3.05) is 5.32 Å². The Balaban J connectivity index is 1.63. The molecule has 0 saturated carbocycles. The molecule has 4 aromatic rings. The van der Waals surface area contributed by atoms with Crippen LogP contribution in [0.15, 0.2) is 77.7 Å². The Morgan fingerprint density at radius 2 is 1.79 bits per heavy atom. The first-order chi connectivity index (χ1) is 13.4. The molecule has 1 N–H and O–H groups in total. The second-order valence-corrected chi connectivity index (χ2v) is 6.35. The van der Waals surface area contributed by atoms with Crippen molar-refractivity contribution in [3.05, 3.63) is 90.0 Å². The standard InChI is InChI=1S/C21H15F3N2O2/c22-21(23,24)16-7-5-14(6-8-16)11-26-12-18(17-3-1-2-4-19(17)26)25-20(27)15-9-10-28-13-15/h1-10,12-13H,11H2,(H,25,27). The SMILES string of the molecule is O=C(Nc1cn(Cc2ccc(C(F)(F)F)cc2)c2ccccc12)c1ccoc1. The molecule has 0 aliphatic rings. The minimum atomic E-state index is -4.36. The third kappa shape index (κ3) is 3.51. The van der Waals surface area contributed by atoms with Crippen molar-refractivity contribution in [3.8, 4) is 0 Å². The molecule has 2 aromatic carbocycles. The molecule has 0 aliphatic heterocycles. The van der Waals surface area contributed by atoms with Gasteiger partial charge in [-0.05, 0) is 29.8 Å². The lowest BCUT2D eigenvalue weighted by molar-refractivity contribution is -0.137. The lowest BCUT2D eigenvalue weighted by Gasteiger charge is -2.09. The third-order valence-corrected chi connectivity index (χ3v) is 4.45. The van der Waals surface area contributed by atoms with Gasteiger partial charge in [0.1, 0.15) is 6.26 Å². The van der Waals surface area contributed by atoms with E-state index in [0.717, 1.165) is 28.6 Å². The van der Waals surface area contributed by atoms with Crippen molar-refractivity contribution in [1.82, 2.24) is 4.57 Å². The Labute approximate surface area is 158 Å². The maximum absolute atomic E-state index is 12.7. The van der Waals surface area contributed by atoms with Crippen LogP contribution in [0.2, 0.25) is 0 Å². The van der Waals surface area contributed by atoms with Crippen LogP contribution in [0.25, 0.3) is 10.9 Å². The Kier molecular flexibility index (Phi) is 4.43. The number of furan rings is 1. The van der Waals surface area contributed by atoms with Gasteiger partial charge in [0, 0.05) is 18.1 Å². The summed E-state index contributed by atoms with van der Waals surface area (Å²) in [7, 11) is 0. The Hall–Kier alpha value is -3.48. The van der Waals surface area contributed by atoms with Gasteiger partial charge in [0.25, 0.3) is 5.91 Å². The average Bonchev–Trinajstić information content (AvgIpc) is 3.31. The molecule has 28 heavy (non-hydrogen) atoms. The minimum Gasteiger partial charge on any atom is -0.472 e. The molecule has 2 aromatic heterocycles. The number of aromatic nitrogens is 1. The van der Waals surface area contributed by atoms with Gasteiger partial charge in [0.2, 0.25) is 0 Å². The van der Waals surface area contributed by atoms with Gasteiger partial charge in [-0.1, -0.05) is 30.3 Å². The number of carbonyl (C=O) groups is 1. The summed E-state index contributed by atoms with van der Waals surface area (Å²) in [6.07, 6.45) is 0.197. The van der Waals surface area contributed by atoms with Crippen LogP contribution in [0, 0.1) is 0 Å². The molecule has 1 amide bonds. The highest BCUT2D eigenvalue weighted by molar-refractivity contribution is 6.08. The molecule has 0 bridgehead atoms. The van der Waals surface area contributed by atoms with E-state index < -0.39 is 11.7 Å². The fourth-order valence-corrected chi connectivity index (χ4v) is 3.06. The van der Waals surface area contributed by atoms with E-state index >= 15 is 0 Å². The highest BCUT2D eigenvalue weighted by Crippen LogP contribution is 2.30. The van der Waals surface area contributed by atoms with Gasteiger partial charge in [0.05, 0.1) is 28.6 Å². The maximum atomic E-state index is 12.7. The number of halogens is 3. The highest BCUT2D eigenvalue weighted by atomic mass is 19.4. The largest absolute Gasteiger partial charge is 0.472 e. The molecular formula is C21H15F3N2O2. The fraction of sp³-hybridized carbons (Fsp3) is 0.0952. The number of benzene rings is 2. The number of anilines is 1. The van der Waals surface area contributed by atoms with Crippen molar-refractivity contribution in [3.63, 3.8) is 0 Å². The Morgan fingerprint density at radius 3 is 2.46 bits per heavy atom. The summed E-state index contributed by atoms with van der Waals surface area (Å²) in [5, 5.41) is 3.69. The first kappa shape index (κ1) is 17.9. The van der Waals surface area contributed by atoms with Crippen LogP contribution in [0.1, 0.15) is 21.5 Å². The van der Waals surface area contributed by atoms with Crippen LogP contribution in [0.4, 0.5) is 18.9 Å². The van der Waals surface area contributed by atoms with Crippen LogP contribution in [-0.2, 0) is 12.7 Å².